The molecule has 0 saturated carbocycles. The molecule has 1 aromatic carbocycles. The minimum Gasteiger partial charge on any atom is -0.341 e. The first-order valence-electron chi connectivity index (χ1n) is 7.43. The van der Waals surface area contributed by atoms with Crippen LogP contribution in [0.1, 0.15) is 31.4 Å². The zero-order chi connectivity index (χ0) is 16.5. The Balaban J connectivity index is 2.12. The molecule has 1 aromatic rings. The van der Waals surface area contributed by atoms with Crippen molar-refractivity contribution in [2.24, 2.45) is 0 Å². The third-order valence-corrected chi connectivity index (χ3v) is 5.05. The van der Waals surface area contributed by atoms with E-state index in [9.17, 15) is 13.2 Å². The third kappa shape index (κ3) is 3.87. The van der Waals surface area contributed by atoms with Crippen LogP contribution in [0.3, 0.4) is 0 Å². The van der Waals surface area contributed by atoms with Gasteiger partial charge in [0.2, 0.25) is 15.9 Å². The van der Waals surface area contributed by atoms with Crippen molar-refractivity contribution in [1.29, 1.82) is 0 Å². The van der Waals surface area contributed by atoms with Crippen LogP contribution >= 0.6 is 0 Å². The maximum absolute atomic E-state index is 12.7. The van der Waals surface area contributed by atoms with E-state index in [2.05, 4.69) is 16.9 Å². The van der Waals surface area contributed by atoms with Crippen LogP contribution in [-0.2, 0) is 27.7 Å². The largest absolute Gasteiger partial charge is 0.341 e. The van der Waals surface area contributed by atoms with Crippen molar-refractivity contribution in [3.8, 4) is 0 Å². The number of sulfonamides is 1. The van der Waals surface area contributed by atoms with Gasteiger partial charge in [0.05, 0.1) is 6.26 Å². The summed E-state index contributed by atoms with van der Waals surface area (Å²) in [5, 5.41) is 0. The number of rotatable bonds is 4. The van der Waals surface area contributed by atoms with Crippen LogP contribution in [0.5, 0.6) is 0 Å². The highest BCUT2D eigenvalue weighted by Crippen LogP contribution is 2.25. The van der Waals surface area contributed by atoms with Crippen LogP contribution in [0, 0.1) is 0 Å². The fraction of sp³-hybridized carbons (Fsp3) is 0.562. The Kier molecular flexibility index (Phi) is 4.63. The van der Waals surface area contributed by atoms with Gasteiger partial charge in [-0.1, -0.05) is 24.3 Å². The van der Waals surface area contributed by atoms with Crippen molar-refractivity contribution in [2.45, 2.75) is 44.7 Å². The van der Waals surface area contributed by atoms with E-state index in [1.54, 1.807) is 25.8 Å². The van der Waals surface area contributed by atoms with E-state index in [4.69, 9.17) is 0 Å². The Morgan fingerprint density at radius 1 is 1.27 bits per heavy atom. The number of likely N-dealkylation sites (N-methyl/N-ethyl adjacent to an activating group) is 1. The van der Waals surface area contributed by atoms with Gasteiger partial charge in [-0.15, -0.1) is 0 Å². The lowest BCUT2D eigenvalue weighted by molar-refractivity contribution is -0.137. The van der Waals surface area contributed by atoms with Gasteiger partial charge in [-0.05, 0) is 44.2 Å². The lowest BCUT2D eigenvalue weighted by atomic mass is 9.87. The molecule has 0 spiro atoms. The van der Waals surface area contributed by atoms with Gasteiger partial charge in [-0.2, -0.15) is 0 Å². The molecule has 5 nitrogen and oxygen atoms in total. The topological polar surface area (TPSA) is 66.5 Å². The van der Waals surface area contributed by atoms with E-state index in [0.717, 1.165) is 25.5 Å². The number of benzene rings is 1. The summed E-state index contributed by atoms with van der Waals surface area (Å²) in [6.45, 7) is 3.20. The van der Waals surface area contributed by atoms with Crippen LogP contribution in [0.15, 0.2) is 24.3 Å². The number of carbonyl (C=O) groups is 1. The summed E-state index contributed by atoms with van der Waals surface area (Å²) in [6, 6.07) is 8.37. The first-order valence-corrected chi connectivity index (χ1v) is 9.32. The summed E-state index contributed by atoms with van der Waals surface area (Å²) < 4.78 is 25.3. The molecule has 0 fully saturated rings. The number of amides is 1. The lowest BCUT2D eigenvalue weighted by Crippen LogP contribution is -2.57. The van der Waals surface area contributed by atoms with E-state index in [1.165, 1.54) is 11.1 Å². The summed E-state index contributed by atoms with van der Waals surface area (Å²) >= 11 is 0. The van der Waals surface area contributed by atoms with E-state index >= 15 is 0 Å². The Morgan fingerprint density at radius 2 is 1.86 bits per heavy atom. The van der Waals surface area contributed by atoms with Crippen molar-refractivity contribution < 1.29 is 13.2 Å². The molecule has 1 N–H and O–H groups in total. The number of hydrogen-bond acceptors (Lipinski definition) is 3. The molecule has 122 valence electrons. The number of nitrogens with zero attached hydrogens (tertiary/aromatic N) is 1. The number of nitrogens with one attached hydrogen (secondary N) is 1. The van der Waals surface area contributed by atoms with Crippen molar-refractivity contribution in [3.05, 3.63) is 35.4 Å². The summed E-state index contributed by atoms with van der Waals surface area (Å²) in [4.78, 5) is 14.3. The number of fused-ring (bicyclic) bond motifs is 1. The van der Waals surface area contributed by atoms with Crippen molar-refractivity contribution in [3.63, 3.8) is 0 Å². The van der Waals surface area contributed by atoms with Gasteiger partial charge < -0.3 is 4.90 Å². The molecule has 6 heteroatoms. The van der Waals surface area contributed by atoms with E-state index in [1.807, 2.05) is 12.1 Å². The van der Waals surface area contributed by atoms with Crippen LogP contribution in [0.4, 0.5) is 0 Å². The van der Waals surface area contributed by atoms with Crippen LogP contribution in [-0.4, -0.2) is 44.1 Å². The summed E-state index contributed by atoms with van der Waals surface area (Å²) in [5.41, 5.74) is 1.47. The highest BCUT2D eigenvalue weighted by atomic mass is 32.2. The molecule has 1 aliphatic rings. The molecule has 1 amide bonds. The van der Waals surface area contributed by atoms with Crippen molar-refractivity contribution in [2.75, 3.05) is 13.3 Å². The van der Waals surface area contributed by atoms with Crippen molar-refractivity contribution in [1.82, 2.24) is 9.62 Å². The fourth-order valence-corrected chi connectivity index (χ4v) is 4.14. The molecule has 0 bridgehead atoms. The molecular weight excluding hydrogens is 300 g/mol. The fourth-order valence-electron chi connectivity index (χ4n) is 3.12. The number of hydrogen-bond donors (Lipinski definition) is 1. The average Bonchev–Trinajstić information content (AvgIpc) is 2.42. The zero-order valence-electron chi connectivity index (χ0n) is 13.6. The Labute approximate surface area is 132 Å². The molecule has 1 aliphatic carbocycles. The Morgan fingerprint density at radius 3 is 2.45 bits per heavy atom. The first kappa shape index (κ1) is 17.0. The van der Waals surface area contributed by atoms with E-state index in [-0.39, 0.29) is 11.9 Å². The predicted molar refractivity (Wildman–Crippen MR) is 87.1 cm³/mol. The van der Waals surface area contributed by atoms with Gasteiger partial charge in [-0.25, -0.2) is 13.1 Å². The molecule has 2 rings (SSSR count). The maximum Gasteiger partial charge on any atom is 0.243 e. The highest BCUT2D eigenvalue weighted by Gasteiger charge is 2.36. The van der Waals surface area contributed by atoms with E-state index in [0.29, 0.717) is 0 Å². The normalized spacial score (nSPS) is 18.6. The molecule has 22 heavy (non-hydrogen) atoms. The molecule has 0 aromatic heterocycles. The predicted octanol–water partition coefficient (Wildman–Crippen LogP) is 1.33. The van der Waals surface area contributed by atoms with Gasteiger partial charge in [-0.3, -0.25) is 4.79 Å². The number of aryl methyl sites for hydroxylation is 1. The third-order valence-electron chi connectivity index (χ3n) is 4.16. The molecule has 0 heterocycles. The highest BCUT2D eigenvalue weighted by molar-refractivity contribution is 7.88. The monoisotopic (exact) mass is 324 g/mol. The minimum atomic E-state index is -3.44. The molecule has 0 aliphatic heterocycles. The summed E-state index contributed by atoms with van der Waals surface area (Å²) in [7, 11) is -1.68. The summed E-state index contributed by atoms with van der Waals surface area (Å²) in [5.74, 6) is -0.206. The molecule has 1 atom stereocenters. The Hall–Kier alpha value is -1.40. The average molecular weight is 324 g/mol. The van der Waals surface area contributed by atoms with Crippen LogP contribution in [0.25, 0.3) is 0 Å². The van der Waals surface area contributed by atoms with Gasteiger partial charge in [0.25, 0.3) is 0 Å². The second-order valence-corrected chi connectivity index (χ2v) is 8.33. The van der Waals surface area contributed by atoms with Gasteiger partial charge in [0, 0.05) is 13.1 Å². The molecule has 1 unspecified atom stereocenters. The minimum absolute atomic E-state index is 0.100. The first-order chi connectivity index (χ1) is 10.1. The van der Waals surface area contributed by atoms with Gasteiger partial charge >= 0.3 is 0 Å². The molecular formula is C16H24N2O3S. The number of carbonyl (C=O) groups excluding carboxylic acids is 1. The quantitative estimate of drug-likeness (QED) is 0.908. The van der Waals surface area contributed by atoms with Crippen molar-refractivity contribution >= 4 is 15.9 Å². The SMILES string of the molecule is CN(C(=O)C(C)(C)NS(C)(=O)=O)C1CCc2ccccc2C1. The Bertz CT molecular complexity index is 668. The summed E-state index contributed by atoms with van der Waals surface area (Å²) in [6.07, 6.45) is 3.72. The molecule has 0 radical (unpaired) electrons. The lowest BCUT2D eigenvalue weighted by Gasteiger charge is -2.37. The second-order valence-electron chi connectivity index (χ2n) is 6.58. The standard InChI is InChI=1S/C16H24N2O3S/c1-16(2,17-22(4,20)21)15(19)18(3)14-10-9-12-7-5-6-8-13(12)11-14/h5-8,14,17H,9-11H2,1-4H3. The maximum atomic E-state index is 12.7. The second kappa shape index (κ2) is 6.01. The van der Waals surface area contributed by atoms with Gasteiger partial charge in [0.15, 0.2) is 0 Å². The van der Waals surface area contributed by atoms with Gasteiger partial charge in [0.1, 0.15) is 5.54 Å². The smallest absolute Gasteiger partial charge is 0.243 e. The molecule has 0 saturated heterocycles. The van der Waals surface area contributed by atoms with Crippen LogP contribution in [0.2, 0.25) is 0 Å². The van der Waals surface area contributed by atoms with Crippen LogP contribution < -0.4 is 4.72 Å². The zero-order valence-corrected chi connectivity index (χ0v) is 14.4. The van der Waals surface area contributed by atoms with E-state index < -0.39 is 15.6 Å².